The van der Waals surface area contributed by atoms with Gasteiger partial charge in [0.25, 0.3) is 5.91 Å². The van der Waals surface area contributed by atoms with E-state index in [0.717, 1.165) is 22.6 Å². The Bertz CT molecular complexity index is 857. The number of nitrogens with one attached hydrogen (secondary N) is 1. The fourth-order valence-electron chi connectivity index (χ4n) is 2.68. The first-order chi connectivity index (χ1) is 12.1. The predicted molar refractivity (Wildman–Crippen MR) is 95.3 cm³/mol. The molecule has 128 valence electrons. The summed E-state index contributed by atoms with van der Waals surface area (Å²) in [6, 6.07) is 9.69. The van der Waals surface area contributed by atoms with Gasteiger partial charge in [-0.2, -0.15) is 5.10 Å². The highest BCUT2D eigenvalue weighted by Gasteiger charge is 2.08. The Morgan fingerprint density at radius 3 is 2.80 bits per heavy atom. The summed E-state index contributed by atoms with van der Waals surface area (Å²) in [6.07, 6.45) is 5.65. The number of hydrogen-bond acceptors (Lipinski definition) is 4. The highest BCUT2D eigenvalue weighted by molar-refractivity contribution is 5.94. The molecule has 0 bridgehead atoms. The van der Waals surface area contributed by atoms with Crippen molar-refractivity contribution in [3.63, 3.8) is 0 Å². The molecule has 0 saturated heterocycles. The van der Waals surface area contributed by atoms with Gasteiger partial charge in [0, 0.05) is 42.8 Å². The molecule has 6 heteroatoms. The molecule has 25 heavy (non-hydrogen) atoms. The van der Waals surface area contributed by atoms with Gasteiger partial charge >= 0.3 is 0 Å². The molecular formula is C19H21N5O. The summed E-state index contributed by atoms with van der Waals surface area (Å²) < 4.78 is 1.94. The largest absolute Gasteiger partial charge is 0.352 e. The lowest BCUT2D eigenvalue weighted by atomic mass is 10.1. The number of hydrogen-bond donors (Lipinski definition) is 1. The molecule has 1 aromatic carbocycles. The maximum atomic E-state index is 12.3. The molecule has 0 atom stereocenters. The average Bonchev–Trinajstić information content (AvgIpc) is 2.93. The number of aryl methyl sites for hydroxylation is 2. The third-order valence-corrected chi connectivity index (χ3v) is 3.91. The van der Waals surface area contributed by atoms with Gasteiger partial charge in [0.05, 0.1) is 17.9 Å². The van der Waals surface area contributed by atoms with Crippen LogP contribution in [0.1, 0.15) is 33.0 Å². The Labute approximate surface area is 146 Å². The summed E-state index contributed by atoms with van der Waals surface area (Å²) in [7, 11) is 0. The van der Waals surface area contributed by atoms with Crippen molar-refractivity contribution in [3.05, 3.63) is 77.1 Å². The third kappa shape index (κ3) is 4.50. The van der Waals surface area contributed by atoms with Crippen molar-refractivity contribution >= 4 is 5.91 Å². The Kier molecular flexibility index (Phi) is 5.18. The molecule has 0 aliphatic carbocycles. The van der Waals surface area contributed by atoms with E-state index in [0.29, 0.717) is 25.1 Å². The second-order valence-corrected chi connectivity index (χ2v) is 5.99. The van der Waals surface area contributed by atoms with Gasteiger partial charge in [-0.3, -0.25) is 19.4 Å². The molecule has 2 heterocycles. The van der Waals surface area contributed by atoms with Gasteiger partial charge in [0.15, 0.2) is 0 Å². The number of nitrogens with zero attached hydrogens (tertiary/aromatic N) is 4. The summed E-state index contributed by atoms with van der Waals surface area (Å²) in [5, 5.41) is 7.39. The smallest absolute Gasteiger partial charge is 0.251 e. The van der Waals surface area contributed by atoms with Crippen molar-refractivity contribution in [1.29, 1.82) is 0 Å². The highest BCUT2D eigenvalue weighted by Crippen LogP contribution is 2.10. The molecule has 0 aliphatic rings. The zero-order valence-corrected chi connectivity index (χ0v) is 14.4. The molecule has 3 aromatic rings. The number of carbonyl (C=O) groups excluding carboxylic acids is 1. The third-order valence-electron chi connectivity index (χ3n) is 3.91. The van der Waals surface area contributed by atoms with E-state index in [1.807, 2.05) is 48.9 Å². The van der Waals surface area contributed by atoms with E-state index in [1.165, 1.54) is 0 Å². The number of carbonyl (C=O) groups is 1. The first kappa shape index (κ1) is 16.8. The van der Waals surface area contributed by atoms with Gasteiger partial charge < -0.3 is 5.32 Å². The zero-order chi connectivity index (χ0) is 17.6. The second kappa shape index (κ2) is 7.70. The minimum atomic E-state index is -0.0842. The van der Waals surface area contributed by atoms with Crippen molar-refractivity contribution < 1.29 is 4.79 Å². The zero-order valence-electron chi connectivity index (χ0n) is 14.4. The lowest BCUT2D eigenvalue weighted by Crippen LogP contribution is -2.26. The van der Waals surface area contributed by atoms with E-state index in [2.05, 4.69) is 20.4 Å². The Hall–Kier alpha value is -3.02. The van der Waals surface area contributed by atoms with E-state index >= 15 is 0 Å². The number of amides is 1. The lowest BCUT2D eigenvalue weighted by molar-refractivity contribution is 0.0954. The van der Waals surface area contributed by atoms with Crippen molar-refractivity contribution in [1.82, 2.24) is 25.1 Å². The Morgan fingerprint density at radius 1 is 1.20 bits per heavy atom. The number of rotatable bonds is 6. The van der Waals surface area contributed by atoms with E-state index in [9.17, 15) is 4.79 Å². The Morgan fingerprint density at radius 2 is 2.08 bits per heavy atom. The van der Waals surface area contributed by atoms with Crippen LogP contribution in [0.5, 0.6) is 0 Å². The molecule has 0 radical (unpaired) electrons. The van der Waals surface area contributed by atoms with Crippen molar-refractivity contribution in [2.75, 3.05) is 6.54 Å². The normalized spacial score (nSPS) is 10.6. The molecular weight excluding hydrogens is 314 g/mol. The predicted octanol–water partition coefficient (Wildman–Crippen LogP) is 2.31. The monoisotopic (exact) mass is 335 g/mol. The fraction of sp³-hybridized carbons (Fsp3) is 0.263. The van der Waals surface area contributed by atoms with Crippen LogP contribution in [0.25, 0.3) is 0 Å². The van der Waals surface area contributed by atoms with Crippen LogP contribution in [-0.4, -0.2) is 32.2 Å². The molecule has 1 N–H and O–H groups in total. The van der Waals surface area contributed by atoms with E-state index in [4.69, 9.17) is 0 Å². The summed E-state index contributed by atoms with van der Waals surface area (Å²) >= 11 is 0. The standard InChI is InChI=1S/C19H21N5O/c1-14-10-15(2)24(23-14)13-16-4-3-5-17(11-16)19(25)22-7-6-18-12-20-8-9-21-18/h3-5,8-12H,6-7,13H2,1-2H3,(H,22,25). The second-order valence-electron chi connectivity index (χ2n) is 5.99. The van der Waals surface area contributed by atoms with Crippen LogP contribution in [0.4, 0.5) is 0 Å². The van der Waals surface area contributed by atoms with E-state index < -0.39 is 0 Å². The van der Waals surface area contributed by atoms with Crippen LogP contribution in [0, 0.1) is 13.8 Å². The van der Waals surface area contributed by atoms with Crippen LogP contribution in [0.2, 0.25) is 0 Å². The van der Waals surface area contributed by atoms with Crippen molar-refractivity contribution in [3.8, 4) is 0 Å². The molecule has 2 aromatic heterocycles. The van der Waals surface area contributed by atoms with Crippen molar-refractivity contribution in [2.24, 2.45) is 0 Å². The van der Waals surface area contributed by atoms with E-state index in [1.54, 1.807) is 18.6 Å². The maximum Gasteiger partial charge on any atom is 0.251 e. The minimum Gasteiger partial charge on any atom is -0.352 e. The summed E-state index contributed by atoms with van der Waals surface area (Å²) in [6.45, 7) is 5.19. The first-order valence-corrected chi connectivity index (χ1v) is 8.25. The molecule has 6 nitrogen and oxygen atoms in total. The topological polar surface area (TPSA) is 72.7 Å². The number of aromatic nitrogens is 4. The quantitative estimate of drug-likeness (QED) is 0.750. The molecule has 1 amide bonds. The van der Waals surface area contributed by atoms with Crippen LogP contribution >= 0.6 is 0 Å². The summed E-state index contributed by atoms with van der Waals surface area (Å²) in [4.78, 5) is 20.6. The Balaban J connectivity index is 1.60. The highest BCUT2D eigenvalue weighted by atomic mass is 16.1. The lowest BCUT2D eigenvalue weighted by Gasteiger charge is -2.08. The van der Waals surface area contributed by atoms with Crippen molar-refractivity contribution in [2.45, 2.75) is 26.8 Å². The fourth-order valence-corrected chi connectivity index (χ4v) is 2.68. The number of benzene rings is 1. The summed E-state index contributed by atoms with van der Waals surface area (Å²) in [5.41, 5.74) is 4.67. The van der Waals surface area contributed by atoms with Crippen LogP contribution < -0.4 is 5.32 Å². The van der Waals surface area contributed by atoms with Gasteiger partial charge in [-0.15, -0.1) is 0 Å². The van der Waals surface area contributed by atoms with Crippen LogP contribution in [0.3, 0.4) is 0 Å². The SMILES string of the molecule is Cc1cc(C)n(Cc2cccc(C(=O)NCCc3cnccn3)c2)n1. The van der Waals surface area contributed by atoms with Gasteiger partial charge in [-0.1, -0.05) is 12.1 Å². The van der Waals surface area contributed by atoms with Gasteiger partial charge in [0.2, 0.25) is 0 Å². The molecule has 0 unspecified atom stereocenters. The molecule has 3 rings (SSSR count). The van der Waals surface area contributed by atoms with E-state index in [-0.39, 0.29) is 5.91 Å². The summed E-state index contributed by atoms with van der Waals surface area (Å²) in [5.74, 6) is -0.0842. The van der Waals surface area contributed by atoms with Gasteiger partial charge in [-0.05, 0) is 37.6 Å². The van der Waals surface area contributed by atoms with Gasteiger partial charge in [-0.25, -0.2) is 0 Å². The molecule has 0 aliphatic heterocycles. The first-order valence-electron chi connectivity index (χ1n) is 8.25. The molecule has 0 saturated carbocycles. The van der Waals surface area contributed by atoms with Gasteiger partial charge in [0.1, 0.15) is 0 Å². The minimum absolute atomic E-state index is 0.0842. The maximum absolute atomic E-state index is 12.3. The molecule has 0 fully saturated rings. The van der Waals surface area contributed by atoms with Crippen LogP contribution in [-0.2, 0) is 13.0 Å². The molecule has 0 spiro atoms. The average molecular weight is 335 g/mol. The van der Waals surface area contributed by atoms with Crippen LogP contribution in [0.15, 0.2) is 48.9 Å².